The van der Waals surface area contributed by atoms with Gasteiger partial charge in [0.25, 0.3) is 0 Å². The number of nitrogens with two attached hydrogens (primary N) is 1. The van der Waals surface area contributed by atoms with Crippen LogP contribution in [0.5, 0.6) is 0 Å². The summed E-state index contributed by atoms with van der Waals surface area (Å²) in [7, 11) is 0. The van der Waals surface area contributed by atoms with E-state index >= 15 is 0 Å². The average molecular weight is 404 g/mol. The van der Waals surface area contributed by atoms with Gasteiger partial charge in [-0.3, -0.25) is 4.79 Å². The second-order valence-electron chi connectivity index (χ2n) is 7.22. The number of nitrogens with one attached hydrogen (secondary N) is 1. The first-order chi connectivity index (χ1) is 13.7. The molecule has 2 aromatic carbocycles. The zero-order valence-electron chi connectivity index (χ0n) is 16.3. The van der Waals surface area contributed by atoms with Crippen LogP contribution in [0.2, 0.25) is 0 Å². The topological polar surface area (TPSA) is 92.4 Å². The van der Waals surface area contributed by atoms with Crippen molar-refractivity contribution in [2.24, 2.45) is 5.73 Å². The highest BCUT2D eigenvalue weighted by atomic mass is 19.1. The van der Waals surface area contributed by atoms with E-state index in [0.717, 1.165) is 6.42 Å². The van der Waals surface area contributed by atoms with Gasteiger partial charge in [-0.15, -0.1) is 0 Å². The maximum Gasteiger partial charge on any atom is 0.326 e. The molecule has 0 aliphatic heterocycles. The third kappa shape index (κ3) is 6.35. The first-order valence-corrected chi connectivity index (χ1v) is 9.55. The number of hydrogen-bond acceptors (Lipinski definition) is 3. The van der Waals surface area contributed by atoms with Crippen molar-refractivity contribution in [1.29, 1.82) is 0 Å². The highest BCUT2D eigenvalue weighted by molar-refractivity contribution is 5.90. The van der Waals surface area contributed by atoms with Crippen molar-refractivity contribution in [2.45, 2.75) is 50.6 Å². The predicted molar refractivity (Wildman–Crippen MR) is 106 cm³/mol. The lowest BCUT2D eigenvalue weighted by molar-refractivity contribution is -0.142. The van der Waals surface area contributed by atoms with Crippen LogP contribution in [0.4, 0.5) is 8.78 Å². The molecule has 0 aliphatic carbocycles. The minimum atomic E-state index is -1.36. The number of halogens is 2. The van der Waals surface area contributed by atoms with Crippen LogP contribution in [-0.4, -0.2) is 28.6 Å². The number of hydrogen-bond donors (Lipinski definition) is 3. The van der Waals surface area contributed by atoms with E-state index in [1.807, 2.05) is 6.92 Å². The van der Waals surface area contributed by atoms with Crippen LogP contribution in [0, 0.1) is 11.6 Å². The van der Waals surface area contributed by atoms with Crippen molar-refractivity contribution in [2.75, 3.05) is 0 Å². The van der Waals surface area contributed by atoms with E-state index in [2.05, 4.69) is 5.32 Å². The molecule has 29 heavy (non-hydrogen) atoms. The van der Waals surface area contributed by atoms with Crippen molar-refractivity contribution in [3.05, 3.63) is 71.3 Å². The molecular weight excluding hydrogens is 378 g/mol. The summed E-state index contributed by atoms with van der Waals surface area (Å²) < 4.78 is 27.1. The van der Waals surface area contributed by atoms with E-state index < -0.39 is 35.1 Å². The third-order valence-electron chi connectivity index (χ3n) is 4.85. The molecule has 0 saturated carbocycles. The summed E-state index contributed by atoms with van der Waals surface area (Å²) in [5.41, 5.74) is 5.89. The van der Waals surface area contributed by atoms with Crippen molar-refractivity contribution < 1.29 is 23.5 Å². The summed E-state index contributed by atoms with van der Waals surface area (Å²) in [4.78, 5) is 24.6. The molecule has 156 valence electrons. The number of unbranched alkanes of at least 4 members (excludes halogenated alkanes) is 1. The first kappa shape index (κ1) is 22.5. The second kappa shape index (κ2) is 10.1. The molecule has 0 saturated heterocycles. The van der Waals surface area contributed by atoms with Crippen molar-refractivity contribution >= 4 is 11.9 Å². The fourth-order valence-corrected chi connectivity index (χ4v) is 3.13. The fraction of sp³-hybridized carbons (Fsp3) is 0.364. The molecule has 7 heteroatoms. The SMILES string of the molecule is CCCC[C@](N)(Cc1ccc(F)cc1)C(=O)NC(Cc1ccccc1F)C(=O)O. The highest BCUT2D eigenvalue weighted by Gasteiger charge is 2.36. The van der Waals surface area contributed by atoms with E-state index in [-0.39, 0.29) is 18.4 Å². The van der Waals surface area contributed by atoms with Crippen LogP contribution in [-0.2, 0) is 22.4 Å². The molecule has 0 heterocycles. The molecule has 2 aromatic rings. The molecule has 0 spiro atoms. The summed E-state index contributed by atoms with van der Waals surface area (Å²) in [5.74, 6) is -2.84. The number of benzene rings is 2. The monoisotopic (exact) mass is 404 g/mol. The minimum absolute atomic E-state index is 0.130. The lowest BCUT2D eigenvalue weighted by Crippen LogP contribution is -2.59. The molecule has 2 rings (SSSR count). The maximum atomic E-state index is 13.9. The van der Waals surface area contributed by atoms with E-state index in [9.17, 15) is 23.5 Å². The standard InChI is InChI=1S/C22H26F2N2O3/c1-2-3-12-22(25,14-15-8-10-17(23)11-9-15)21(29)26-19(20(27)28)13-16-6-4-5-7-18(16)24/h4-11,19H,2-3,12-14,25H2,1H3,(H,26,29)(H,27,28)/t19?,22-/m0/s1. The predicted octanol–water partition coefficient (Wildman–Crippen LogP) is 3.21. The Labute approximate surface area is 168 Å². The van der Waals surface area contributed by atoms with E-state index in [4.69, 9.17) is 5.73 Å². The molecule has 0 bridgehead atoms. The normalized spacial score (nSPS) is 14.1. The summed E-state index contributed by atoms with van der Waals surface area (Å²) in [6.45, 7) is 1.95. The zero-order chi connectivity index (χ0) is 21.4. The third-order valence-corrected chi connectivity index (χ3v) is 4.85. The van der Waals surface area contributed by atoms with Crippen LogP contribution in [0.15, 0.2) is 48.5 Å². The van der Waals surface area contributed by atoms with Gasteiger partial charge < -0.3 is 16.2 Å². The van der Waals surface area contributed by atoms with E-state index in [1.165, 1.54) is 30.3 Å². The summed E-state index contributed by atoms with van der Waals surface area (Å²) in [6, 6.07) is 10.2. The van der Waals surface area contributed by atoms with Gasteiger partial charge in [0.2, 0.25) is 5.91 Å². The van der Waals surface area contributed by atoms with Gasteiger partial charge >= 0.3 is 5.97 Å². The van der Waals surface area contributed by atoms with Crippen molar-refractivity contribution in [3.63, 3.8) is 0 Å². The summed E-state index contributed by atoms with van der Waals surface area (Å²) >= 11 is 0. The smallest absolute Gasteiger partial charge is 0.326 e. The number of carbonyl (C=O) groups is 2. The molecule has 1 unspecified atom stereocenters. The Hall–Kier alpha value is -2.80. The maximum absolute atomic E-state index is 13.9. The molecular formula is C22H26F2N2O3. The number of aliphatic carboxylic acids is 1. The number of carboxylic acid groups (broad SMARTS) is 1. The van der Waals surface area contributed by atoms with Crippen LogP contribution in [0.3, 0.4) is 0 Å². The Bertz CT molecular complexity index is 842. The van der Waals surface area contributed by atoms with Gasteiger partial charge in [0.15, 0.2) is 0 Å². The molecule has 5 nitrogen and oxygen atoms in total. The van der Waals surface area contributed by atoms with E-state index in [0.29, 0.717) is 18.4 Å². The average Bonchev–Trinajstić information content (AvgIpc) is 2.69. The lowest BCUT2D eigenvalue weighted by atomic mass is 9.85. The van der Waals surface area contributed by atoms with Gasteiger partial charge in [0, 0.05) is 6.42 Å². The van der Waals surface area contributed by atoms with Gasteiger partial charge in [0.1, 0.15) is 17.7 Å². The molecule has 0 fully saturated rings. The molecule has 0 radical (unpaired) electrons. The van der Waals surface area contributed by atoms with Crippen molar-refractivity contribution in [3.8, 4) is 0 Å². The van der Waals surface area contributed by atoms with Gasteiger partial charge in [-0.05, 0) is 42.2 Å². The van der Waals surface area contributed by atoms with Crippen LogP contribution < -0.4 is 11.1 Å². The summed E-state index contributed by atoms with van der Waals surface area (Å²) in [5, 5.41) is 12.0. The zero-order valence-corrected chi connectivity index (χ0v) is 16.3. The lowest BCUT2D eigenvalue weighted by Gasteiger charge is -2.30. The quantitative estimate of drug-likeness (QED) is 0.567. The van der Waals surface area contributed by atoms with Gasteiger partial charge in [-0.2, -0.15) is 0 Å². The van der Waals surface area contributed by atoms with Gasteiger partial charge in [0.05, 0.1) is 5.54 Å². The largest absolute Gasteiger partial charge is 0.480 e. The Morgan fingerprint density at radius 2 is 1.79 bits per heavy atom. The number of carbonyl (C=O) groups excluding carboxylic acids is 1. The minimum Gasteiger partial charge on any atom is -0.480 e. The van der Waals surface area contributed by atoms with Crippen LogP contribution in [0.25, 0.3) is 0 Å². The van der Waals surface area contributed by atoms with Crippen LogP contribution >= 0.6 is 0 Å². The molecule has 2 atom stereocenters. The number of rotatable bonds is 10. The molecule has 0 aliphatic rings. The number of carboxylic acids is 1. The van der Waals surface area contributed by atoms with Gasteiger partial charge in [-0.25, -0.2) is 13.6 Å². The van der Waals surface area contributed by atoms with Crippen LogP contribution in [0.1, 0.15) is 37.3 Å². The molecule has 4 N–H and O–H groups in total. The Morgan fingerprint density at radius 1 is 1.14 bits per heavy atom. The van der Waals surface area contributed by atoms with Gasteiger partial charge in [-0.1, -0.05) is 50.1 Å². The van der Waals surface area contributed by atoms with Crippen molar-refractivity contribution in [1.82, 2.24) is 5.32 Å². The molecule has 0 aromatic heterocycles. The van der Waals surface area contributed by atoms with E-state index in [1.54, 1.807) is 18.2 Å². The number of amides is 1. The Morgan fingerprint density at radius 3 is 2.38 bits per heavy atom. The summed E-state index contributed by atoms with van der Waals surface area (Å²) in [6.07, 6.45) is 1.72. The molecule has 1 amide bonds. The highest BCUT2D eigenvalue weighted by Crippen LogP contribution is 2.20. The first-order valence-electron chi connectivity index (χ1n) is 9.55. The fourth-order valence-electron chi connectivity index (χ4n) is 3.13. The second-order valence-corrected chi connectivity index (χ2v) is 7.22. The Balaban J connectivity index is 2.20. The Kier molecular flexibility index (Phi) is 7.84.